The molecule has 0 saturated carbocycles. The third-order valence-electron chi connectivity index (χ3n) is 3.93. The van der Waals surface area contributed by atoms with Gasteiger partial charge in [-0.2, -0.15) is 23.4 Å². The number of nitrogens with zero attached hydrogens (tertiary/aromatic N) is 4. The van der Waals surface area contributed by atoms with Crippen LogP contribution in [0.5, 0.6) is 0 Å². The quantitative estimate of drug-likeness (QED) is 0.909. The van der Waals surface area contributed by atoms with E-state index in [1.807, 2.05) is 6.92 Å². The Morgan fingerprint density at radius 1 is 1.33 bits per heavy atom. The van der Waals surface area contributed by atoms with Crippen LogP contribution in [0.2, 0.25) is 0 Å². The molecule has 2 heterocycles. The van der Waals surface area contributed by atoms with E-state index < -0.39 is 17.8 Å². The van der Waals surface area contributed by atoms with Crippen molar-refractivity contribution in [1.29, 1.82) is 0 Å². The Bertz CT molecular complexity index is 747. The van der Waals surface area contributed by atoms with Gasteiger partial charge >= 0.3 is 6.18 Å². The van der Waals surface area contributed by atoms with Crippen LogP contribution in [0.3, 0.4) is 0 Å². The van der Waals surface area contributed by atoms with Gasteiger partial charge in [-0.15, -0.1) is 0 Å². The lowest BCUT2D eigenvalue weighted by atomic mass is 10.2. The van der Waals surface area contributed by atoms with Gasteiger partial charge in [-0.25, -0.2) is 0 Å². The molecule has 1 N–H and O–H groups in total. The van der Waals surface area contributed by atoms with Crippen molar-refractivity contribution in [2.75, 3.05) is 5.32 Å². The van der Waals surface area contributed by atoms with Crippen molar-refractivity contribution in [3.8, 4) is 0 Å². The maximum atomic E-state index is 13.0. The summed E-state index contributed by atoms with van der Waals surface area (Å²) >= 11 is 0. The van der Waals surface area contributed by atoms with E-state index in [-0.39, 0.29) is 12.1 Å². The van der Waals surface area contributed by atoms with Gasteiger partial charge in [0, 0.05) is 30.1 Å². The van der Waals surface area contributed by atoms with Gasteiger partial charge in [-0.1, -0.05) is 6.92 Å². The molecule has 0 bridgehead atoms. The third-order valence-corrected chi connectivity index (χ3v) is 3.93. The van der Waals surface area contributed by atoms with Crippen LogP contribution in [0.15, 0.2) is 12.3 Å². The number of aryl methyl sites for hydroxylation is 1. The molecule has 1 amide bonds. The molecule has 0 aliphatic heterocycles. The molecule has 0 atom stereocenters. The van der Waals surface area contributed by atoms with Crippen LogP contribution in [-0.2, 0) is 36.9 Å². The molecule has 0 radical (unpaired) electrons. The summed E-state index contributed by atoms with van der Waals surface area (Å²) in [5.41, 5.74) is -0.133. The van der Waals surface area contributed by atoms with E-state index in [4.69, 9.17) is 0 Å². The smallest absolute Gasteiger partial charge is 0.308 e. The zero-order valence-electron chi connectivity index (χ0n) is 13.2. The van der Waals surface area contributed by atoms with E-state index in [1.54, 1.807) is 16.9 Å². The zero-order chi connectivity index (χ0) is 17.3. The first-order valence-electron chi connectivity index (χ1n) is 7.87. The Labute approximate surface area is 136 Å². The summed E-state index contributed by atoms with van der Waals surface area (Å²) in [5, 5.41) is 10.4. The number of anilines is 1. The molecule has 0 unspecified atom stereocenters. The first kappa shape index (κ1) is 16.5. The van der Waals surface area contributed by atoms with Gasteiger partial charge in [0.25, 0.3) is 0 Å². The Morgan fingerprint density at radius 2 is 2.12 bits per heavy atom. The van der Waals surface area contributed by atoms with E-state index in [1.165, 1.54) is 4.68 Å². The lowest BCUT2D eigenvalue weighted by Gasteiger charge is -2.06. The Morgan fingerprint density at radius 3 is 2.83 bits per heavy atom. The minimum absolute atomic E-state index is 0.225. The second kappa shape index (κ2) is 6.29. The number of carbonyl (C=O) groups excluding carboxylic acids is 1. The number of halogens is 3. The summed E-state index contributed by atoms with van der Waals surface area (Å²) in [5.74, 6) is -0.0593. The molecule has 3 rings (SSSR count). The highest BCUT2D eigenvalue weighted by Crippen LogP contribution is 2.36. The maximum absolute atomic E-state index is 13.0. The first-order chi connectivity index (χ1) is 11.4. The average molecular weight is 341 g/mol. The predicted molar refractivity (Wildman–Crippen MR) is 80.4 cm³/mol. The summed E-state index contributed by atoms with van der Waals surface area (Å²) < 4.78 is 41.9. The molecule has 130 valence electrons. The monoisotopic (exact) mass is 341 g/mol. The molecule has 9 heteroatoms. The summed E-state index contributed by atoms with van der Waals surface area (Å²) in [6.07, 6.45) is -0.320. The second-order valence-electron chi connectivity index (χ2n) is 5.80. The number of alkyl halides is 3. The van der Waals surface area contributed by atoms with Gasteiger partial charge in [0.1, 0.15) is 6.54 Å². The Balaban J connectivity index is 1.72. The van der Waals surface area contributed by atoms with E-state index in [9.17, 15) is 18.0 Å². The largest absolute Gasteiger partial charge is 0.435 e. The van der Waals surface area contributed by atoms with Crippen LogP contribution in [0, 0.1) is 0 Å². The van der Waals surface area contributed by atoms with Crippen LogP contribution in [-0.4, -0.2) is 25.5 Å². The van der Waals surface area contributed by atoms with Crippen LogP contribution < -0.4 is 5.32 Å². The zero-order valence-corrected chi connectivity index (χ0v) is 13.2. The minimum atomic E-state index is -4.49. The SMILES string of the molecule is CCCn1ccc(NC(=O)Cn2nc(C(F)(F)F)c3c2CCC3)n1. The normalized spacial score (nSPS) is 14.0. The van der Waals surface area contributed by atoms with Crippen LogP contribution in [0.4, 0.5) is 19.0 Å². The second-order valence-corrected chi connectivity index (χ2v) is 5.80. The summed E-state index contributed by atoms with van der Waals surface area (Å²) in [6, 6.07) is 1.65. The molecule has 0 spiro atoms. The third kappa shape index (κ3) is 3.29. The topological polar surface area (TPSA) is 64.7 Å². The predicted octanol–water partition coefficient (Wildman–Crippen LogP) is 2.64. The lowest BCUT2D eigenvalue weighted by molar-refractivity contribution is -0.142. The summed E-state index contributed by atoms with van der Waals surface area (Å²) in [4.78, 5) is 12.1. The molecule has 2 aromatic rings. The van der Waals surface area contributed by atoms with Crippen LogP contribution in [0.25, 0.3) is 0 Å². The number of carbonyl (C=O) groups is 1. The van der Waals surface area contributed by atoms with Gasteiger partial charge in [-0.05, 0) is 25.7 Å². The summed E-state index contributed by atoms with van der Waals surface area (Å²) in [6.45, 7) is 2.49. The highest BCUT2D eigenvalue weighted by atomic mass is 19.4. The fourth-order valence-corrected chi connectivity index (χ4v) is 2.97. The van der Waals surface area contributed by atoms with E-state index >= 15 is 0 Å². The van der Waals surface area contributed by atoms with Crippen molar-refractivity contribution in [3.63, 3.8) is 0 Å². The molecule has 0 aromatic carbocycles. The number of rotatable bonds is 5. The van der Waals surface area contributed by atoms with Crippen molar-refractivity contribution in [3.05, 3.63) is 29.2 Å². The van der Waals surface area contributed by atoms with Gasteiger partial charge in [0.05, 0.1) is 0 Å². The average Bonchev–Trinajstić information content (AvgIpc) is 3.16. The molecule has 1 aliphatic carbocycles. The van der Waals surface area contributed by atoms with Gasteiger partial charge in [0.2, 0.25) is 5.91 Å². The fraction of sp³-hybridized carbons (Fsp3) is 0.533. The molecule has 1 aliphatic rings. The molecular weight excluding hydrogens is 323 g/mol. The molecular formula is C15H18F3N5O. The summed E-state index contributed by atoms with van der Waals surface area (Å²) in [7, 11) is 0. The highest BCUT2D eigenvalue weighted by Gasteiger charge is 2.40. The fourth-order valence-electron chi connectivity index (χ4n) is 2.97. The molecule has 24 heavy (non-hydrogen) atoms. The first-order valence-corrected chi connectivity index (χ1v) is 7.87. The lowest BCUT2D eigenvalue weighted by Crippen LogP contribution is -2.21. The number of fused-ring (bicyclic) bond motifs is 1. The van der Waals surface area contributed by atoms with Crippen LogP contribution >= 0.6 is 0 Å². The standard InChI is InChI=1S/C15H18F3N5O/c1-2-7-22-8-6-12(20-22)19-13(24)9-23-11-5-3-4-10(11)14(21-23)15(16,17)18/h6,8H,2-5,7,9H2,1H3,(H,19,20,24). The van der Waals surface area contributed by atoms with Crippen molar-refractivity contribution in [2.45, 2.75) is 51.9 Å². The number of hydrogen-bond donors (Lipinski definition) is 1. The van der Waals surface area contributed by atoms with Crippen molar-refractivity contribution >= 4 is 11.7 Å². The minimum Gasteiger partial charge on any atom is -0.308 e. The van der Waals surface area contributed by atoms with Gasteiger partial charge in [-0.3, -0.25) is 14.2 Å². The molecule has 0 fully saturated rings. The molecule has 6 nitrogen and oxygen atoms in total. The van der Waals surface area contributed by atoms with Crippen molar-refractivity contribution < 1.29 is 18.0 Å². The van der Waals surface area contributed by atoms with E-state index in [0.29, 0.717) is 30.8 Å². The number of nitrogens with one attached hydrogen (secondary N) is 1. The number of amides is 1. The Hall–Kier alpha value is -2.32. The maximum Gasteiger partial charge on any atom is 0.435 e. The number of aromatic nitrogens is 4. The van der Waals surface area contributed by atoms with Crippen LogP contribution in [0.1, 0.15) is 36.7 Å². The molecule has 2 aromatic heterocycles. The van der Waals surface area contributed by atoms with Crippen molar-refractivity contribution in [1.82, 2.24) is 19.6 Å². The Kier molecular flexibility index (Phi) is 4.33. The molecule has 0 saturated heterocycles. The highest BCUT2D eigenvalue weighted by molar-refractivity contribution is 5.89. The van der Waals surface area contributed by atoms with Crippen molar-refractivity contribution in [2.24, 2.45) is 0 Å². The van der Waals surface area contributed by atoms with E-state index in [0.717, 1.165) is 13.0 Å². The van der Waals surface area contributed by atoms with Gasteiger partial charge in [0.15, 0.2) is 11.5 Å². The van der Waals surface area contributed by atoms with E-state index in [2.05, 4.69) is 15.5 Å². The number of hydrogen-bond acceptors (Lipinski definition) is 3. The van der Waals surface area contributed by atoms with Gasteiger partial charge < -0.3 is 5.32 Å².